The highest BCUT2D eigenvalue weighted by molar-refractivity contribution is 5.96. The van der Waals surface area contributed by atoms with E-state index in [1.54, 1.807) is 22.9 Å². The maximum atomic E-state index is 14.9. The number of nitrogens with zero attached hydrogens (tertiary/aromatic N) is 4. The maximum Gasteiger partial charge on any atom is 0.324 e. The molecule has 0 aromatic carbocycles. The number of carbonyl (C=O) groups is 2. The quantitative estimate of drug-likeness (QED) is 0.581. The van der Waals surface area contributed by atoms with E-state index in [0.717, 1.165) is 39.0 Å². The third kappa shape index (κ3) is 7.60. The Morgan fingerprint density at radius 2 is 1.75 bits per heavy atom. The van der Waals surface area contributed by atoms with E-state index in [9.17, 15) is 18.8 Å². The summed E-state index contributed by atoms with van der Waals surface area (Å²) >= 11 is 0. The van der Waals surface area contributed by atoms with Crippen molar-refractivity contribution in [1.29, 1.82) is 0 Å². The standard InChI is InChI=1S/C24H36FN5O4.C2H6/c1-2-27-10-5-19(6-11-27)34-21-7-12-28(17-20(21)25)14-15-29-9-3-4-18(23(29)32)16-30-13-8-22(31)26-24(30)33;1-2/h3-4,9,19-21H,2,5-8,10-17H2,1H3,(H,26,31,33);1-2H3. The van der Waals surface area contributed by atoms with Crippen LogP contribution in [0.25, 0.3) is 0 Å². The number of aromatic nitrogens is 1. The summed E-state index contributed by atoms with van der Waals surface area (Å²) in [7, 11) is 0. The molecule has 0 aliphatic carbocycles. The molecule has 202 valence electrons. The molecule has 0 spiro atoms. The zero-order chi connectivity index (χ0) is 26.1. The zero-order valence-electron chi connectivity index (χ0n) is 22.0. The van der Waals surface area contributed by atoms with Gasteiger partial charge in [-0.1, -0.05) is 26.8 Å². The van der Waals surface area contributed by atoms with E-state index in [1.165, 1.54) is 4.90 Å². The Kier molecular flexibility index (Phi) is 10.9. The van der Waals surface area contributed by atoms with Crippen molar-refractivity contribution in [1.82, 2.24) is 24.6 Å². The minimum atomic E-state index is -1.03. The number of likely N-dealkylation sites (tertiary alicyclic amines) is 2. The van der Waals surface area contributed by atoms with Gasteiger partial charge in [-0.2, -0.15) is 0 Å². The molecule has 2 atom stereocenters. The van der Waals surface area contributed by atoms with Crippen LogP contribution in [0.3, 0.4) is 0 Å². The molecule has 3 aliphatic rings. The molecule has 0 saturated carbocycles. The fraction of sp³-hybridized carbons (Fsp3) is 0.731. The Morgan fingerprint density at radius 1 is 1.03 bits per heavy atom. The van der Waals surface area contributed by atoms with Gasteiger partial charge in [0.2, 0.25) is 5.91 Å². The molecule has 3 amide bonds. The summed E-state index contributed by atoms with van der Waals surface area (Å²) in [5.74, 6) is -0.297. The highest BCUT2D eigenvalue weighted by atomic mass is 19.1. The van der Waals surface area contributed by atoms with Gasteiger partial charge in [-0.05, 0) is 31.9 Å². The van der Waals surface area contributed by atoms with Crippen molar-refractivity contribution < 1.29 is 18.7 Å². The number of carbonyl (C=O) groups excluding carboxylic acids is 2. The van der Waals surface area contributed by atoms with Crippen LogP contribution in [0.2, 0.25) is 0 Å². The molecule has 0 radical (unpaired) electrons. The van der Waals surface area contributed by atoms with Crippen molar-refractivity contribution in [2.75, 3.05) is 45.8 Å². The second-order valence-electron chi connectivity index (χ2n) is 9.47. The van der Waals surface area contributed by atoms with Crippen molar-refractivity contribution >= 4 is 11.9 Å². The minimum absolute atomic E-state index is 0.152. The fourth-order valence-corrected chi connectivity index (χ4v) is 5.00. The summed E-state index contributed by atoms with van der Waals surface area (Å²) in [4.78, 5) is 42.1. The third-order valence-corrected chi connectivity index (χ3v) is 7.17. The molecule has 4 heterocycles. The normalized spacial score (nSPS) is 24.3. The number of piperidine rings is 2. The van der Waals surface area contributed by atoms with Crippen LogP contribution in [0.5, 0.6) is 0 Å². The Bertz CT molecular complexity index is 918. The predicted octanol–water partition coefficient (Wildman–Crippen LogP) is 2.23. The van der Waals surface area contributed by atoms with Crippen LogP contribution in [-0.2, 0) is 22.6 Å². The number of pyridine rings is 1. The summed E-state index contributed by atoms with van der Waals surface area (Å²) in [6.07, 6.45) is 3.33. The topological polar surface area (TPSA) is 87.1 Å². The van der Waals surface area contributed by atoms with Crippen LogP contribution in [0.1, 0.15) is 52.0 Å². The first-order chi connectivity index (χ1) is 17.4. The first-order valence-corrected chi connectivity index (χ1v) is 13.4. The number of amides is 3. The predicted molar refractivity (Wildman–Crippen MR) is 137 cm³/mol. The number of imide groups is 1. The number of alkyl halides is 1. The van der Waals surface area contributed by atoms with E-state index in [1.807, 2.05) is 18.7 Å². The molecule has 0 bridgehead atoms. The van der Waals surface area contributed by atoms with Crippen LogP contribution in [-0.4, -0.2) is 95.4 Å². The number of hydrogen-bond acceptors (Lipinski definition) is 6. The van der Waals surface area contributed by atoms with Gasteiger partial charge in [0.15, 0.2) is 0 Å². The molecule has 3 aliphatic heterocycles. The Balaban J connectivity index is 0.00000176. The number of ether oxygens (including phenoxy) is 1. The lowest BCUT2D eigenvalue weighted by molar-refractivity contribution is -0.121. The van der Waals surface area contributed by atoms with E-state index in [4.69, 9.17) is 4.74 Å². The number of urea groups is 1. The first-order valence-electron chi connectivity index (χ1n) is 13.4. The maximum absolute atomic E-state index is 14.9. The first kappa shape index (κ1) is 28.3. The second-order valence-corrected chi connectivity index (χ2v) is 9.47. The lowest BCUT2D eigenvalue weighted by Crippen LogP contribution is -2.50. The Labute approximate surface area is 213 Å². The number of halogens is 1. The molecular weight excluding hydrogens is 465 g/mol. The van der Waals surface area contributed by atoms with E-state index < -0.39 is 12.2 Å². The van der Waals surface area contributed by atoms with Crippen LogP contribution in [0, 0.1) is 0 Å². The van der Waals surface area contributed by atoms with Gasteiger partial charge >= 0.3 is 6.03 Å². The van der Waals surface area contributed by atoms with Gasteiger partial charge in [-0.3, -0.25) is 19.8 Å². The highest BCUT2D eigenvalue weighted by Crippen LogP contribution is 2.23. The van der Waals surface area contributed by atoms with Crippen LogP contribution < -0.4 is 10.9 Å². The van der Waals surface area contributed by atoms with E-state index in [-0.39, 0.29) is 36.6 Å². The third-order valence-electron chi connectivity index (χ3n) is 7.17. The molecule has 2 unspecified atom stereocenters. The number of hydrogen-bond donors (Lipinski definition) is 1. The SMILES string of the molecule is CC.CCN1CCC(OC2CCN(CCn3cccc(CN4CCC(=O)NC4=O)c3=O)CC2F)CC1. The van der Waals surface area contributed by atoms with E-state index in [2.05, 4.69) is 17.1 Å². The largest absolute Gasteiger partial charge is 0.372 e. The fourth-order valence-electron chi connectivity index (χ4n) is 5.00. The Morgan fingerprint density at radius 3 is 2.42 bits per heavy atom. The zero-order valence-corrected chi connectivity index (χ0v) is 22.0. The van der Waals surface area contributed by atoms with Gasteiger partial charge in [0.05, 0.1) is 18.8 Å². The summed E-state index contributed by atoms with van der Waals surface area (Å²) in [5, 5.41) is 2.27. The second kappa shape index (κ2) is 13.9. The lowest BCUT2D eigenvalue weighted by Gasteiger charge is -2.38. The molecular formula is C26H42FN5O4. The van der Waals surface area contributed by atoms with Crippen molar-refractivity contribution in [2.24, 2.45) is 0 Å². The van der Waals surface area contributed by atoms with Crippen molar-refractivity contribution in [3.63, 3.8) is 0 Å². The van der Waals surface area contributed by atoms with Crippen LogP contribution in [0.15, 0.2) is 23.1 Å². The molecule has 36 heavy (non-hydrogen) atoms. The van der Waals surface area contributed by atoms with Gasteiger partial charge in [0.1, 0.15) is 6.17 Å². The average molecular weight is 508 g/mol. The smallest absolute Gasteiger partial charge is 0.324 e. The monoisotopic (exact) mass is 507 g/mol. The molecule has 10 heteroatoms. The molecule has 3 saturated heterocycles. The van der Waals surface area contributed by atoms with Crippen molar-refractivity contribution in [3.05, 3.63) is 34.2 Å². The summed E-state index contributed by atoms with van der Waals surface area (Å²) in [6, 6.07) is 3.01. The molecule has 1 aromatic heterocycles. The number of rotatable bonds is 8. The van der Waals surface area contributed by atoms with Gasteiger partial charge < -0.3 is 19.1 Å². The number of nitrogens with one attached hydrogen (secondary N) is 1. The minimum Gasteiger partial charge on any atom is -0.372 e. The van der Waals surface area contributed by atoms with Gasteiger partial charge in [-0.25, -0.2) is 9.18 Å². The van der Waals surface area contributed by atoms with E-state index >= 15 is 0 Å². The van der Waals surface area contributed by atoms with Gasteiger partial charge in [0, 0.05) is 64.0 Å². The van der Waals surface area contributed by atoms with Crippen molar-refractivity contribution in [3.8, 4) is 0 Å². The molecule has 4 rings (SSSR count). The summed E-state index contributed by atoms with van der Waals surface area (Å²) < 4.78 is 22.6. The Hall–Kier alpha value is -2.30. The molecule has 1 aromatic rings. The van der Waals surface area contributed by atoms with Gasteiger partial charge in [0.25, 0.3) is 5.56 Å². The van der Waals surface area contributed by atoms with Crippen LogP contribution in [0.4, 0.5) is 9.18 Å². The van der Waals surface area contributed by atoms with E-state index in [0.29, 0.717) is 38.2 Å². The lowest BCUT2D eigenvalue weighted by atomic mass is 10.0. The summed E-state index contributed by atoms with van der Waals surface area (Å²) in [6.45, 7) is 11.8. The highest BCUT2D eigenvalue weighted by Gasteiger charge is 2.32. The van der Waals surface area contributed by atoms with Crippen molar-refractivity contribution in [2.45, 2.75) is 77.9 Å². The average Bonchev–Trinajstić information content (AvgIpc) is 2.89. The van der Waals surface area contributed by atoms with Crippen LogP contribution >= 0.6 is 0 Å². The van der Waals surface area contributed by atoms with Gasteiger partial charge in [-0.15, -0.1) is 0 Å². The molecule has 1 N–H and O–H groups in total. The molecule has 9 nitrogen and oxygen atoms in total. The summed E-state index contributed by atoms with van der Waals surface area (Å²) in [5.41, 5.74) is 0.331. The molecule has 3 fully saturated rings.